The van der Waals surface area contributed by atoms with Gasteiger partial charge in [0, 0.05) is 0 Å². The number of carboxylic acid groups (broad SMARTS) is 1. The van der Waals surface area contributed by atoms with Crippen LogP contribution < -0.4 is 4.74 Å². The van der Waals surface area contributed by atoms with Crippen LogP contribution in [0.4, 0.5) is 0 Å². The van der Waals surface area contributed by atoms with E-state index in [1.807, 2.05) is 0 Å². The molecular weight excluding hydrogens is 276 g/mol. The standard InChI is InChI=1S/C11H13BrO4/c1-11(2,15)6-16-9-5-7(10(13)14)3-4-8(9)12/h3-5,15H,6H2,1-2H3,(H,13,14). The molecule has 0 bridgehead atoms. The van der Waals surface area contributed by atoms with Gasteiger partial charge in [0.05, 0.1) is 15.6 Å². The average Bonchev–Trinajstić information content (AvgIpc) is 2.14. The smallest absolute Gasteiger partial charge is 0.335 e. The highest BCUT2D eigenvalue weighted by Crippen LogP contribution is 2.26. The number of benzene rings is 1. The van der Waals surface area contributed by atoms with E-state index in [0.29, 0.717) is 10.2 Å². The molecule has 0 radical (unpaired) electrons. The van der Waals surface area contributed by atoms with Crippen LogP contribution in [0.25, 0.3) is 0 Å². The van der Waals surface area contributed by atoms with E-state index in [-0.39, 0.29) is 12.2 Å². The van der Waals surface area contributed by atoms with Crippen molar-refractivity contribution in [2.45, 2.75) is 19.4 Å². The Hall–Kier alpha value is -1.07. The Morgan fingerprint density at radius 1 is 1.50 bits per heavy atom. The van der Waals surface area contributed by atoms with Crippen LogP contribution in [0.5, 0.6) is 5.75 Å². The Balaban J connectivity index is 2.86. The first-order chi connectivity index (χ1) is 7.29. The number of hydrogen-bond donors (Lipinski definition) is 2. The number of aromatic carboxylic acids is 1. The van der Waals surface area contributed by atoms with Gasteiger partial charge in [-0.15, -0.1) is 0 Å². The molecule has 0 aliphatic heterocycles. The van der Waals surface area contributed by atoms with Crippen molar-refractivity contribution >= 4 is 21.9 Å². The SMILES string of the molecule is CC(C)(O)COc1cc(C(=O)O)ccc1Br. The van der Waals surface area contributed by atoms with Crippen molar-refractivity contribution in [3.63, 3.8) is 0 Å². The van der Waals surface area contributed by atoms with Gasteiger partial charge in [0.25, 0.3) is 0 Å². The van der Waals surface area contributed by atoms with Crippen molar-refractivity contribution in [1.82, 2.24) is 0 Å². The maximum absolute atomic E-state index is 10.7. The summed E-state index contributed by atoms with van der Waals surface area (Å²) in [5.41, 5.74) is -0.812. The minimum Gasteiger partial charge on any atom is -0.489 e. The van der Waals surface area contributed by atoms with Crippen LogP contribution in [0.3, 0.4) is 0 Å². The van der Waals surface area contributed by atoms with E-state index in [1.54, 1.807) is 19.9 Å². The first kappa shape index (κ1) is 13.0. The summed E-state index contributed by atoms with van der Waals surface area (Å²) in [7, 11) is 0. The van der Waals surface area contributed by atoms with Crippen LogP contribution in [0.2, 0.25) is 0 Å². The van der Waals surface area contributed by atoms with E-state index in [2.05, 4.69) is 15.9 Å². The average molecular weight is 289 g/mol. The maximum atomic E-state index is 10.7. The molecule has 5 heteroatoms. The predicted molar refractivity (Wildman–Crippen MR) is 62.9 cm³/mol. The third kappa shape index (κ3) is 3.83. The third-order valence-electron chi connectivity index (χ3n) is 1.76. The van der Waals surface area contributed by atoms with Gasteiger partial charge in [0.15, 0.2) is 0 Å². The molecule has 0 saturated carbocycles. The van der Waals surface area contributed by atoms with Crippen molar-refractivity contribution in [1.29, 1.82) is 0 Å². The number of hydrogen-bond acceptors (Lipinski definition) is 3. The Morgan fingerprint density at radius 3 is 2.62 bits per heavy atom. The second-order valence-corrected chi connectivity index (χ2v) is 4.91. The molecule has 4 nitrogen and oxygen atoms in total. The first-order valence-electron chi connectivity index (χ1n) is 4.67. The number of aliphatic hydroxyl groups is 1. The van der Waals surface area contributed by atoms with Crippen molar-refractivity contribution in [2.24, 2.45) is 0 Å². The zero-order chi connectivity index (χ0) is 12.3. The lowest BCUT2D eigenvalue weighted by molar-refractivity contribution is 0.0282. The van der Waals surface area contributed by atoms with Crippen LogP contribution in [0, 0.1) is 0 Å². The minimum atomic E-state index is -1.01. The van der Waals surface area contributed by atoms with Crippen molar-refractivity contribution in [3.8, 4) is 5.75 Å². The highest BCUT2D eigenvalue weighted by Gasteiger charge is 2.15. The summed E-state index contributed by atoms with van der Waals surface area (Å²) in [4.78, 5) is 10.7. The van der Waals surface area contributed by atoms with Crippen LogP contribution in [0.15, 0.2) is 22.7 Å². The molecular formula is C11H13BrO4. The van der Waals surface area contributed by atoms with E-state index in [4.69, 9.17) is 9.84 Å². The summed E-state index contributed by atoms with van der Waals surface area (Å²) in [6, 6.07) is 4.49. The molecule has 0 atom stereocenters. The molecule has 0 unspecified atom stereocenters. The van der Waals surface area contributed by atoms with E-state index in [0.717, 1.165) is 0 Å². The quantitative estimate of drug-likeness (QED) is 0.892. The van der Waals surface area contributed by atoms with Gasteiger partial charge >= 0.3 is 5.97 Å². The monoisotopic (exact) mass is 288 g/mol. The van der Waals surface area contributed by atoms with E-state index >= 15 is 0 Å². The maximum Gasteiger partial charge on any atom is 0.335 e. The van der Waals surface area contributed by atoms with Gasteiger partial charge in [-0.05, 0) is 48.0 Å². The Kier molecular flexibility index (Phi) is 3.93. The molecule has 1 aromatic rings. The minimum absolute atomic E-state index is 0.0919. The van der Waals surface area contributed by atoms with Crippen LogP contribution in [-0.4, -0.2) is 28.4 Å². The molecule has 0 saturated heterocycles. The number of rotatable bonds is 4. The fourth-order valence-electron chi connectivity index (χ4n) is 1.00. The summed E-state index contributed by atoms with van der Waals surface area (Å²) >= 11 is 3.25. The van der Waals surface area contributed by atoms with Gasteiger partial charge in [-0.25, -0.2) is 4.79 Å². The van der Waals surface area contributed by atoms with Crippen LogP contribution in [0.1, 0.15) is 24.2 Å². The summed E-state index contributed by atoms with van der Waals surface area (Å²) in [6.07, 6.45) is 0. The van der Waals surface area contributed by atoms with E-state index in [9.17, 15) is 9.90 Å². The fraction of sp³-hybridized carbons (Fsp3) is 0.364. The second-order valence-electron chi connectivity index (χ2n) is 4.05. The van der Waals surface area contributed by atoms with Crippen molar-refractivity contribution in [3.05, 3.63) is 28.2 Å². The van der Waals surface area contributed by atoms with Gasteiger partial charge < -0.3 is 14.9 Å². The third-order valence-corrected chi connectivity index (χ3v) is 2.41. The lowest BCUT2D eigenvalue weighted by Gasteiger charge is -2.18. The van der Waals surface area contributed by atoms with Crippen molar-refractivity contribution in [2.75, 3.05) is 6.61 Å². The zero-order valence-electron chi connectivity index (χ0n) is 9.03. The Morgan fingerprint density at radius 2 is 2.12 bits per heavy atom. The highest BCUT2D eigenvalue weighted by molar-refractivity contribution is 9.10. The van der Waals surface area contributed by atoms with Crippen LogP contribution in [-0.2, 0) is 0 Å². The molecule has 0 heterocycles. The molecule has 0 spiro atoms. The molecule has 0 amide bonds. The van der Waals surface area contributed by atoms with Gasteiger partial charge in [0.1, 0.15) is 12.4 Å². The van der Waals surface area contributed by atoms with E-state index in [1.165, 1.54) is 12.1 Å². The molecule has 88 valence electrons. The van der Waals surface area contributed by atoms with Gasteiger partial charge in [-0.3, -0.25) is 0 Å². The molecule has 2 N–H and O–H groups in total. The summed E-state index contributed by atoms with van der Waals surface area (Å²) in [5, 5.41) is 18.3. The topological polar surface area (TPSA) is 66.8 Å². The predicted octanol–water partition coefficient (Wildman–Crippen LogP) is 2.30. The Labute approximate surface area is 102 Å². The highest BCUT2D eigenvalue weighted by atomic mass is 79.9. The molecule has 0 aromatic heterocycles. The summed E-state index contributed by atoms with van der Waals surface area (Å²) in [6.45, 7) is 3.32. The van der Waals surface area contributed by atoms with Crippen molar-refractivity contribution < 1.29 is 19.7 Å². The lowest BCUT2D eigenvalue weighted by Crippen LogP contribution is -2.28. The fourth-order valence-corrected chi connectivity index (χ4v) is 1.36. The first-order valence-corrected chi connectivity index (χ1v) is 5.47. The van der Waals surface area contributed by atoms with Gasteiger partial charge in [0.2, 0.25) is 0 Å². The van der Waals surface area contributed by atoms with E-state index < -0.39 is 11.6 Å². The number of carboxylic acids is 1. The number of halogens is 1. The zero-order valence-corrected chi connectivity index (χ0v) is 10.6. The van der Waals surface area contributed by atoms with Gasteiger partial charge in [-0.1, -0.05) is 0 Å². The number of ether oxygens (including phenoxy) is 1. The number of carbonyl (C=O) groups is 1. The molecule has 0 aliphatic rings. The molecule has 0 aliphatic carbocycles. The summed E-state index contributed by atoms with van der Waals surface area (Å²) in [5.74, 6) is -0.609. The summed E-state index contributed by atoms with van der Waals surface area (Å²) < 4.78 is 5.99. The second kappa shape index (κ2) is 4.84. The van der Waals surface area contributed by atoms with Crippen LogP contribution >= 0.6 is 15.9 Å². The molecule has 0 fully saturated rings. The molecule has 1 rings (SSSR count). The lowest BCUT2D eigenvalue weighted by atomic mass is 10.1. The molecule has 16 heavy (non-hydrogen) atoms. The Bertz CT molecular complexity index is 395. The normalized spacial score (nSPS) is 11.2. The largest absolute Gasteiger partial charge is 0.489 e. The van der Waals surface area contributed by atoms with Gasteiger partial charge in [-0.2, -0.15) is 0 Å². The molecule has 1 aromatic carbocycles.